The van der Waals surface area contributed by atoms with Gasteiger partial charge in [-0.1, -0.05) is 0 Å². The molecule has 5 nitrogen and oxygen atoms in total. The Morgan fingerprint density at radius 3 is 2.71 bits per heavy atom. The standard InChI is InChI=1S/C9H10N2O3/c1-5-2-7-8(14-4-13-7)3-6(5)11-9(10)12/h2-3H,4H2,1H3,(H3,10,11,12). The van der Waals surface area contributed by atoms with Crippen molar-refractivity contribution in [3.05, 3.63) is 17.7 Å². The summed E-state index contributed by atoms with van der Waals surface area (Å²) in [5.74, 6) is 1.32. The summed E-state index contributed by atoms with van der Waals surface area (Å²) < 4.78 is 10.3. The van der Waals surface area contributed by atoms with Crippen molar-refractivity contribution < 1.29 is 14.3 Å². The first-order valence-corrected chi connectivity index (χ1v) is 4.13. The number of carbonyl (C=O) groups excluding carboxylic acids is 1. The van der Waals surface area contributed by atoms with Crippen LogP contribution in [0.4, 0.5) is 10.5 Å². The summed E-state index contributed by atoms with van der Waals surface area (Å²) in [6.45, 7) is 2.07. The van der Waals surface area contributed by atoms with Crippen LogP contribution in [0.25, 0.3) is 0 Å². The fourth-order valence-corrected chi connectivity index (χ4v) is 1.31. The second-order valence-corrected chi connectivity index (χ2v) is 3.01. The average molecular weight is 194 g/mol. The van der Waals surface area contributed by atoms with Gasteiger partial charge in [0.25, 0.3) is 0 Å². The third-order valence-electron chi connectivity index (χ3n) is 1.98. The molecular weight excluding hydrogens is 184 g/mol. The van der Waals surface area contributed by atoms with E-state index in [2.05, 4.69) is 5.32 Å². The highest BCUT2D eigenvalue weighted by Crippen LogP contribution is 2.36. The molecule has 0 spiro atoms. The molecular formula is C9H10N2O3. The summed E-state index contributed by atoms with van der Waals surface area (Å²) in [7, 11) is 0. The maximum absolute atomic E-state index is 10.7. The molecule has 1 heterocycles. The number of fused-ring (bicyclic) bond motifs is 1. The third-order valence-corrected chi connectivity index (χ3v) is 1.98. The van der Waals surface area contributed by atoms with Gasteiger partial charge in [0.2, 0.25) is 6.79 Å². The summed E-state index contributed by atoms with van der Waals surface area (Å²) in [5, 5.41) is 2.51. The number of nitrogens with one attached hydrogen (secondary N) is 1. The first kappa shape index (κ1) is 8.68. The van der Waals surface area contributed by atoms with Crippen LogP contribution in [0.2, 0.25) is 0 Å². The number of hydrogen-bond acceptors (Lipinski definition) is 3. The van der Waals surface area contributed by atoms with E-state index in [1.54, 1.807) is 12.1 Å². The van der Waals surface area contributed by atoms with Gasteiger partial charge in [0.05, 0.1) is 0 Å². The quantitative estimate of drug-likeness (QED) is 0.705. The van der Waals surface area contributed by atoms with Crippen molar-refractivity contribution in [2.24, 2.45) is 5.73 Å². The molecule has 3 N–H and O–H groups in total. The van der Waals surface area contributed by atoms with E-state index in [4.69, 9.17) is 15.2 Å². The van der Waals surface area contributed by atoms with Gasteiger partial charge < -0.3 is 20.5 Å². The SMILES string of the molecule is Cc1cc2c(cc1NC(N)=O)OCO2. The average Bonchev–Trinajstić information content (AvgIpc) is 2.51. The predicted octanol–water partition coefficient (Wildman–Crippen LogP) is 1.21. The molecule has 0 bridgehead atoms. The first-order chi connectivity index (χ1) is 6.66. The first-order valence-electron chi connectivity index (χ1n) is 4.13. The predicted molar refractivity (Wildman–Crippen MR) is 50.5 cm³/mol. The second-order valence-electron chi connectivity index (χ2n) is 3.01. The molecule has 0 saturated carbocycles. The van der Waals surface area contributed by atoms with Crippen molar-refractivity contribution in [3.63, 3.8) is 0 Å². The number of carbonyl (C=O) groups is 1. The van der Waals surface area contributed by atoms with Crippen molar-refractivity contribution in [2.75, 3.05) is 12.1 Å². The molecule has 14 heavy (non-hydrogen) atoms. The number of hydrogen-bond donors (Lipinski definition) is 2. The molecule has 1 aromatic rings. The number of rotatable bonds is 1. The maximum atomic E-state index is 10.7. The van der Waals surface area contributed by atoms with Gasteiger partial charge in [-0.15, -0.1) is 0 Å². The summed E-state index contributed by atoms with van der Waals surface area (Å²) in [6.07, 6.45) is 0. The van der Waals surface area contributed by atoms with E-state index in [1.165, 1.54) is 0 Å². The van der Waals surface area contributed by atoms with Gasteiger partial charge in [-0.3, -0.25) is 0 Å². The molecule has 0 aliphatic carbocycles. The Bertz CT molecular complexity index is 390. The fraction of sp³-hybridized carbons (Fsp3) is 0.222. The second kappa shape index (κ2) is 3.10. The van der Waals surface area contributed by atoms with E-state index in [0.717, 1.165) is 5.56 Å². The molecule has 0 radical (unpaired) electrons. The van der Waals surface area contributed by atoms with E-state index in [9.17, 15) is 4.79 Å². The Balaban J connectivity index is 2.37. The zero-order chi connectivity index (χ0) is 10.1. The highest BCUT2D eigenvalue weighted by atomic mass is 16.7. The van der Waals surface area contributed by atoms with Gasteiger partial charge in [0.1, 0.15) is 0 Å². The minimum Gasteiger partial charge on any atom is -0.454 e. The van der Waals surface area contributed by atoms with Crippen molar-refractivity contribution in [1.29, 1.82) is 0 Å². The smallest absolute Gasteiger partial charge is 0.316 e. The molecule has 0 saturated heterocycles. The number of primary amides is 1. The lowest BCUT2D eigenvalue weighted by molar-refractivity contribution is 0.174. The highest BCUT2D eigenvalue weighted by Gasteiger charge is 2.15. The lowest BCUT2D eigenvalue weighted by Crippen LogP contribution is -2.19. The highest BCUT2D eigenvalue weighted by molar-refractivity contribution is 5.89. The molecule has 0 fully saturated rings. The van der Waals surface area contributed by atoms with Crippen molar-refractivity contribution in [1.82, 2.24) is 0 Å². The third kappa shape index (κ3) is 1.44. The minimum atomic E-state index is -0.591. The number of amides is 2. The molecule has 1 aromatic carbocycles. The van der Waals surface area contributed by atoms with E-state index in [0.29, 0.717) is 17.2 Å². The van der Waals surface area contributed by atoms with E-state index in [-0.39, 0.29) is 6.79 Å². The number of anilines is 1. The molecule has 0 aromatic heterocycles. The molecule has 0 atom stereocenters. The number of benzene rings is 1. The number of urea groups is 1. The number of aryl methyl sites for hydroxylation is 1. The van der Waals surface area contributed by atoms with E-state index in [1.807, 2.05) is 6.92 Å². The fourth-order valence-electron chi connectivity index (χ4n) is 1.31. The molecule has 1 aliphatic heterocycles. The summed E-state index contributed by atoms with van der Waals surface area (Å²) in [4.78, 5) is 10.7. The molecule has 5 heteroatoms. The molecule has 0 unspecified atom stereocenters. The Morgan fingerprint density at radius 1 is 1.43 bits per heavy atom. The van der Waals surface area contributed by atoms with Crippen LogP contribution in [-0.2, 0) is 0 Å². The van der Waals surface area contributed by atoms with Gasteiger partial charge in [0.15, 0.2) is 11.5 Å². The number of ether oxygens (including phenoxy) is 2. The van der Waals surface area contributed by atoms with Gasteiger partial charge in [-0.2, -0.15) is 0 Å². The van der Waals surface area contributed by atoms with E-state index >= 15 is 0 Å². The van der Waals surface area contributed by atoms with Gasteiger partial charge in [-0.05, 0) is 18.6 Å². The summed E-state index contributed by atoms with van der Waals surface area (Å²) in [6, 6.07) is 2.91. The Hall–Kier alpha value is -1.91. The van der Waals surface area contributed by atoms with Crippen LogP contribution < -0.4 is 20.5 Å². The van der Waals surface area contributed by atoms with Crippen molar-refractivity contribution >= 4 is 11.7 Å². The molecule has 2 rings (SSSR count). The maximum Gasteiger partial charge on any atom is 0.316 e. The normalized spacial score (nSPS) is 12.6. The minimum absolute atomic E-state index is 0.217. The topological polar surface area (TPSA) is 73.6 Å². The van der Waals surface area contributed by atoms with Crippen molar-refractivity contribution in [3.8, 4) is 11.5 Å². The van der Waals surface area contributed by atoms with Gasteiger partial charge >= 0.3 is 6.03 Å². The summed E-state index contributed by atoms with van der Waals surface area (Å²) in [5.41, 5.74) is 6.54. The monoisotopic (exact) mass is 194 g/mol. The lowest BCUT2D eigenvalue weighted by atomic mass is 10.2. The zero-order valence-electron chi connectivity index (χ0n) is 7.66. The number of nitrogens with two attached hydrogens (primary N) is 1. The van der Waals surface area contributed by atoms with Gasteiger partial charge in [0, 0.05) is 11.8 Å². The van der Waals surface area contributed by atoms with Crippen LogP contribution in [0.1, 0.15) is 5.56 Å². The Labute approximate surface area is 80.8 Å². The molecule has 74 valence electrons. The lowest BCUT2D eigenvalue weighted by Gasteiger charge is -2.06. The molecule has 1 aliphatic rings. The van der Waals surface area contributed by atoms with E-state index < -0.39 is 6.03 Å². The zero-order valence-corrected chi connectivity index (χ0v) is 7.66. The van der Waals surface area contributed by atoms with Crippen LogP contribution in [0.3, 0.4) is 0 Å². The largest absolute Gasteiger partial charge is 0.454 e. The van der Waals surface area contributed by atoms with Crippen LogP contribution in [-0.4, -0.2) is 12.8 Å². The Kier molecular flexibility index (Phi) is 1.92. The summed E-state index contributed by atoms with van der Waals surface area (Å²) >= 11 is 0. The molecule has 2 amide bonds. The van der Waals surface area contributed by atoms with Crippen LogP contribution in [0.15, 0.2) is 12.1 Å². The Morgan fingerprint density at radius 2 is 2.07 bits per heavy atom. The van der Waals surface area contributed by atoms with Gasteiger partial charge in [-0.25, -0.2) is 4.79 Å². The van der Waals surface area contributed by atoms with Crippen molar-refractivity contribution in [2.45, 2.75) is 6.92 Å². The van der Waals surface area contributed by atoms with Crippen LogP contribution in [0, 0.1) is 6.92 Å². The van der Waals surface area contributed by atoms with Crippen LogP contribution >= 0.6 is 0 Å². The van der Waals surface area contributed by atoms with Crippen LogP contribution in [0.5, 0.6) is 11.5 Å².